The van der Waals surface area contributed by atoms with Crippen LogP contribution in [-0.4, -0.2) is 19.9 Å². The molecule has 0 unspecified atom stereocenters. The van der Waals surface area contributed by atoms with Gasteiger partial charge in [-0.05, 0) is 107 Å². The quantitative estimate of drug-likeness (QED) is 0.235. The third-order valence-electron chi connectivity index (χ3n) is 5.32. The van der Waals surface area contributed by atoms with E-state index in [1.165, 1.54) is 9.13 Å². The maximum absolute atomic E-state index is 4.77. The summed E-state index contributed by atoms with van der Waals surface area (Å²) < 4.78 is 1.22. The van der Waals surface area contributed by atoms with E-state index in [4.69, 9.17) is 4.98 Å². The third-order valence-corrected chi connectivity index (χ3v) is 6.04. The number of aromatic nitrogens is 4. The predicted molar refractivity (Wildman–Crippen MR) is 137 cm³/mol. The summed E-state index contributed by atoms with van der Waals surface area (Å²) in [5.41, 5.74) is 10.1. The predicted octanol–water partition coefficient (Wildman–Crippen LogP) is 6.93. The van der Waals surface area contributed by atoms with Gasteiger partial charge in [0, 0.05) is 31.2 Å². The molecule has 0 spiro atoms. The smallest absolute Gasteiger partial charge is 0.0659 e. The topological polar surface area (TPSA) is 57.4 Å². The summed E-state index contributed by atoms with van der Waals surface area (Å²) in [5.74, 6) is 0. The number of nitrogens with one attached hydrogen (secondary N) is 2. The van der Waals surface area contributed by atoms with E-state index in [-0.39, 0.29) is 0 Å². The van der Waals surface area contributed by atoms with E-state index in [1.807, 2.05) is 30.4 Å². The van der Waals surface area contributed by atoms with Gasteiger partial charge in [-0.2, -0.15) is 0 Å². The van der Waals surface area contributed by atoms with Gasteiger partial charge >= 0.3 is 0 Å². The second-order valence-electron chi connectivity index (χ2n) is 7.60. The van der Waals surface area contributed by atoms with Gasteiger partial charge in [-0.15, -0.1) is 0 Å². The van der Waals surface area contributed by atoms with Gasteiger partial charge in [0.15, 0.2) is 0 Å². The first kappa shape index (κ1) is 18.3. The van der Waals surface area contributed by atoms with Crippen molar-refractivity contribution in [3.05, 3.63) is 93.1 Å². The van der Waals surface area contributed by atoms with Crippen LogP contribution < -0.4 is 0 Å². The van der Waals surface area contributed by atoms with E-state index in [0.717, 1.165) is 50.4 Å². The first-order valence-corrected chi connectivity index (χ1v) is 11.1. The highest BCUT2D eigenvalue weighted by atomic mass is 127. The van der Waals surface area contributed by atoms with Crippen molar-refractivity contribution in [3.63, 3.8) is 0 Å². The molecule has 8 bridgehead atoms. The fourth-order valence-corrected chi connectivity index (χ4v) is 4.25. The van der Waals surface area contributed by atoms with Crippen LogP contribution in [-0.2, 0) is 0 Å². The minimum atomic E-state index is 0.902. The largest absolute Gasteiger partial charge is 0.355 e. The lowest BCUT2D eigenvalue weighted by Crippen LogP contribution is -1.79. The SMILES string of the molecule is Ic1ccc(-c2cc3cc4ccc(cc5nc(cc6nc(cc2[nH]3)C=C6)C=C5)[nH]4)cc1. The standard InChI is InChI=1S/C26H17IN4/c27-17-3-1-16(2-4-17)25-14-24-13-22-8-7-20(29-22)11-18-5-6-19(28-18)12-21-9-10-23(30-21)15-26(25)31-24/h1-15,29,31H. The maximum Gasteiger partial charge on any atom is 0.0659 e. The molecule has 6 rings (SSSR count). The molecule has 0 amide bonds. The minimum Gasteiger partial charge on any atom is -0.355 e. The van der Waals surface area contributed by atoms with Gasteiger partial charge in [0.1, 0.15) is 0 Å². The fourth-order valence-electron chi connectivity index (χ4n) is 3.89. The van der Waals surface area contributed by atoms with E-state index in [2.05, 4.69) is 98.2 Å². The summed E-state index contributed by atoms with van der Waals surface area (Å²) in [4.78, 5) is 16.5. The summed E-state index contributed by atoms with van der Waals surface area (Å²) in [6, 6.07) is 23.2. The van der Waals surface area contributed by atoms with Crippen molar-refractivity contribution < 1.29 is 0 Å². The summed E-state index contributed by atoms with van der Waals surface area (Å²) >= 11 is 2.33. The molecule has 0 saturated carbocycles. The summed E-state index contributed by atoms with van der Waals surface area (Å²) in [6.07, 6.45) is 8.11. The summed E-state index contributed by atoms with van der Waals surface area (Å²) in [5, 5.41) is 0. The maximum atomic E-state index is 4.77. The zero-order valence-electron chi connectivity index (χ0n) is 16.4. The van der Waals surface area contributed by atoms with Gasteiger partial charge in [-0.25, -0.2) is 9.97 Å². The molecule has 0 aliphatic carbocycles. The van der Waals surface area contributed by atoms with E-state index in [0.29, 0.717) is 0 Å². The second kappa shape index (κ2) is 7.35. The van der Waals surface area contributed by atoms with Crippen LogP contribution in [0.5, 0.6) is 0 Å². The Bertz CT molecular complexity index is 1540. The van der Waals surface area contributed by atoms with Gasteiger partial charge in [-0.1, -0.05) is 12.1 Å². The van der Waals surface area contributed by atoms with Gasteiger partial charge < -0.3 is 9.97 Å². The zero-order valence-corrected chi connectivity index (χ0v) is 18.6. The van der Waals surface area contributed by atoms with Crippen LogP contribution in [0.15, 0.2) is 66.7 Å². The number of rotatable bonds is 1. The first-order valence-electron chi connectivity index (χ1n) is 10.0. The Morgan fingerprint density at radius 3 is 1.87 bits per heavy atom. The molecule has 148 valence electrons. The Kier molecular flexibility index (Phi) is 4.35. The molecule has 1 aromatic carbocycles. The van der Waals surface area contributed by atoms with Crippen molar-refractivity contribution in [3.8, 4) is 11.1 Å². The fraction of sp³-hybridized carbons (Fsp3) is 0. The molecule has 0 saturated heterocycles. The van der Waals surface area contributed by atoms with Crippen LogP contribution in [0.25, 0.3) is 57.5 Å². The average molecular weight is 512 g/mol. The van der Waals surface area contributed by atoms with Crippen LogP contribution >= 0.6 is 22.6 Å². The van der Waals surface area contributed by atoms with Crippen LogP contribution in [0.3, 0.4) is 0 Å². The van der Waals surface area contributed by atoms with Crippen LogP contribution in [0.2, 0.25) is 0 Å². The lowest BCUT2D eigenvalue weighted by Gasteiger charge is -1.99. The number of halogens is 1. The number of H-pyrrole nitrogens is 2. The molecular formula is C26H17IN4. The monoisotopic (exact) mass is 512 g/mol. The highest BCUT2D eigenvalue weighted by Gasteiger charge is 2.07. The number of hydrogen-bond acceptors (Lipinski definition) is 2. The van der Waals surface area contributed by atoms with Crippen molar-refractivity contribution in [1.29, 1.82) is 0 Å². The zero-order chi connectivity index (χ0) is 20.8. The van der Waals surface area contributed by atoms with Crippen LogP contribution in [0.4, 0.5) is 0 Å². The number of nitrogens with zero attached hydrogens (tertiary/aromatic N) is 2. The molecule has 2 aliphatic heterocycles. The summed E-state index contributed by atoms with van der Waals surface area (Å²) in [7, 11) is 0. The van der Waals surface area contributed by atoms with E-state index < -0.39 is 0 Å². The van der Waals surface area contributed by atoms with Crippen molar-refractivity contribution >= 4 is 69.0 Å². The van der Waals surface area contributed by atoms with Crippen LogP contribution in [0, 0.1) is 3.57 Å². The third kappa shape index (κ3) is 3.72. The first-order chi connectivity index (χ1) is 15.2. The lowest BCUT2D eigenvalue weighted by molar-refractivity contribution is 1.28. The van der Waals surface area contributed by atoms with E-state index in [1.54, 1.807) is 0 Å². The van der Waals surface area contributed by atoms with Gasteiger partial charge in [0.05, 0.1) is 22.8 Å². The molecule has 2 N–H and O–H groups in total. The van der Waals surface area contributed by atoms with E-state index >= 15 is 0 Å². The molecule has 3 aromatic heterocycles. The highest BCUT2D eigenvalue weighted by Crippen LogP contribution is 2.28. The lowest BCUT2D eigenvalue weighted by atomic mass is 10.1. The normalized spacial score (nSPS) is 12.4. The van der Waals surface area contributed by atoms with Crippen LogP contribution in [0.1, 0.15) is 22.8 Å². The Morgan fingerprint density at radius 2 is 1.16 bits per heavy atom. The van der Waals surface area contributed by atoms with Crippen molar-refractivity contribution in [2.24, 2.45) is 0 Å². The van der Waals surface area contributed by atoms with Crippen molar-refractivity contribution in [2.75, 3.05) is 0 Å². The average Bonchev–Trinajstić information content (AvgIpc) is 3.54. The molecule has 0 radical (unpaired) electrons. The van der Waals surface area contributed by atoms with Gasteiger partial charge in [0.25, 0.3) is 0 Å². The van der Waals surface area contributed by atoms with Crippen molar-refractivity contribution in [1.82, 2.24) is 19.9 Å². The Morgan fingerprint density at radius 1 is 0.548 bits per heavy atom. The molecule has 0 atom stereocenters. The number of hydrogen-bond donors (Lipinski definition) is 2. The Balaban J connectivity index is 1.67. The Hall–Kier alpha value is -3.45. The molecule has 4 nitrogen and oxygen atoms in total. The minimum absolute atomic E-state index is 0.902. The molecule has 4 aromatic rings. The van der Waals surface area contributed by atoms with Gasteiger partial charge in [0.2, 0.25) is 0 Å². The molecule has 5 heterocycles. The molecule has 5 heteroatoms. The highest BCUT2D eigenvalue weighted by molar-refractivity contribution is 14.1. The van der Waals surface area contributed by atoms with E-state index in [9.17, 15) is 0 Å². The second-order valence-corrected chi connectivity index (χ2v) is 8.84. The van der Waals surface area contributed by atoms with Crippen molar-refractivity contribution in [2.45, 2.75) is 0 Å². The molecule has 0 fully saturated rings. The molecule has 2 aliphatic rings. The number of benzene rings is 1. The number of fused-ring (bicyclic) bond motifs is 8. The number of aromatic amines is 2. The molecular weight excluding hydrogens is 495 g/mol. The summed E-state index contributed by atoms with van der Waals surface area (Å²) in [6.45, 7) is 0. The molecule has 31 heavy (non-hydrogen) atoms. The van der Waals surface area contributed by atoms with Gasteiger partial charge in [-0.3, -0.25) is 0 Å². The Labute approximate surface area is 192 Å².